The molecule has 1 N–H and O–H groups in total. The summed E-state index contributed by atoms with van der Waals surface area (Å²) in [4.78, 5) is 14.5. The van der Waals surface area contributed by atoms with Crippen molar-refractivity contribution in [3.63, 3.8) is 0 Å². The van der Waals surface area contributed by atoms with Gasteiger partial charge < -0.3 is 10.1 Å². The molecule has 98 valence electrons. The average molecular weight is 240 g/mol. The highest BCUT2D eigenvalue weighted by atomic mass is 16.5. The molecule has 1 aliphatic heterocycles. The minimum atomic E-state index is -0.443. The van der Waals surface area contributed by atoms with Gasteiger partial charge in [-0.3, -0.25) is 9.69 Å². The normalized spacial score (nSPS) is 38.5. The highest BCUT2D eigenvalue weighted by Gasteiger charge is 2.47. The number of rotatable bonds is 3. The lowest BCUT2D eigenvalue weighted by molar-refractivity contribution is -0.148. The van der Waals surface area contributed by atoms with Crippen molar-refractivity contribution in [2.24, 2.45) is 0 Å². The monoisotopic (exact) mass is 240 g/mol. The van der Waals surface area contributed by atoms with Crippen LogP contribution in [0.25, 0.3) is 0 Å². The van der Waals surface area contributed by atoms with Crippen molar-refractivity contribution in [1.29, 1.82) is 0 Å². The van der Waals surface area contributed by atoms with E-state index in [1.807, 2.05) is 7.05 Å². The third kappa shape index (κ3) is 2.20. The van der Waals surface area contributed by atoms with Crippen LogP contribution in [0.1, 0.15) is 39.0 Å². The number of hydrogen-bond donors (Lipinski definition) is 1. The van der Waals surface area contributed by atoms with E-state index in [0.717, 1.165) is 19.3 Å². The Hall–Kier alpha value is -0.610. The minimum absolute atomic E-state index is 0.102. The first kappa shape index (κ1) is 12.8. The van der Waals surface area contributed by atoms with Crippen LogP contribution < -0.4 is 5.32 Å². The van der Waals surface area contributed by atoms with Crippen molar-refractivity contribution >= 4 is 5.97 Å². The summed E-state index contributed by atoms with van der Waals surface area (Å²) in [7, 11) is 3.35. The van der Waals surface area contributed by atoms with Gasteiger partial charge >= 0.3 is 5.97 Å². The van der Waals surface area contributed by atoms with Gasteiger partial charge in [-0.2, -0.15) is 0 Å². The molecule has 0 amide bonds. The summed E-state index contributed by atoms with van der Waals surface area (Å²) >= 11 is 0. The highest BCUT2D eigenvalue weighted by Crippen LogP contribution is 2.36. The Morgan fingerprint density at radius 2 is 2.24 bits per heavy atom. The molecule has 3 unspecified atom stereocenters. The second-order valence-corrected chi connectivity index (χ2v) is 5.45. The maximum Gasteiger partial charge on any atom is 0.326 e. The summed E-state index contributed by atoms with van der Waals surface area (Å²) in [5, 5.41) is 3.20. The molecule has 0 bridgehead atoms. The van der Waals surface area contributed by atoms with Gasteiger partial charge in [0.2, 0.25) is 0 Å². The third-order valence-electron chi connectivity index (χ3n) is 4.62. The molecule has 4 nitrogen and oxygen atoms in total. The van der Waals surface area contributed by atoms with E-state index in [2.05, 4.69) is 17.1 Å². The van der Waals surface area contributed by atoms with Gasteiger partial charge in [-0.15, -0.1) is 0 Å². The van der Waals surface area contributed by atoms with Crippen LogP contribution in [0.15, 0.2) is 0 Å². The van der Waals surface area contributed by atoms with E-state index in [-0.39, 0.29) is 5.97 Å². The standard InChI is InChI=1S/C13H24N2O2/c1-10-5-4-8-15(10)11-6-7-13(9-11,14-2)12(16)17-3/h10-11,14H,4-9H2,1-3H3. The Morgan fingerprint density at radius 3 is 2.76 bits per heavy atom. The van der Waals surface area contributed by atoms with Gasteiger partial charge in [0.25, 0.3) is 0 Å². The molecule has 0 aromatic rings. The van der Waals surface area contributed by atoms with Crippen molar-refractivity contribution < 1.29 is 9.53 Å². The quantitative estimate of drug-likeness (QED) is 0.752. The van der Waals surface area contributed by atoms with Crippen LogP contribution in [-0.4, -0.2) is 49.2 Å². The van der Waals surface area contributed by atoms with E-state index < -0.39 is 5.54 Å². The predicted octanol–water partition coefficient (Wildman–Crippen LogP) is 1.15. The predicted molar refractivity (Wildman–Crippen MR) is 66.8 cm³/mol. The Morgan fingerprint density at radius 1 is 1.47 bits per heavy atom. The number of methoxy groups -OCH3 is 1. The van der Waals surface area contributed by atoms with Crippen molar-refractivity contribution in [3.8, 4) is 0 Å². The molecule has 1 heterocycles. The van der Waals surface area contributed by atoms with Gasteiger partial charge in [-0.1, -0.05) is 0 Å². The fraction of sp³-hybridized carbons (Fsp3) is 0.923. The maximum atomic E-state index is 11.9. The zero-order valence-electron chi connectivity index (χ0n) is 11.2. The van der Waals surface area contributed by atoms with Crippen LogP contribution in [0.2, 0.25) is 0 Å². The molecule has 17 heavy (non-hydrogen) atoms. The molecule has 0 aromatic carbocycles. The Kier molecular flexibility index (Phi) is 3.73. The molecule has 1 aliphatic carbocycles. The fourth-order valence-electron chi connectivity index (χ4n) is 3.51. The first-order valence-corrected chi connectivity index (χ1v) is 6.66. The topological polar surface area (TPSA) is 41.6 Å². The average Bonchev–Trinajstić information content (AvgIpc) is 2.94. The van der Waals surface area contributed by atoms with Gasteiger partial charge in [0.05, 0.1) is 7.11 Å². The molecular formula is C13H24N2O2. The molecule has 4 heteroatoms. The summed E-state index contributed by atoms with van der Waals surface area (Å²) in [6.45, 7) is 3.48. The van der Waals surface area contributed by atoms with E-state index in [9.17, 15) is 4.79 Å². The lowest BCUT2D eigenvalue weighted by atomic mass is 9.97. The van der Waals surface area contributed by atoms with E-state index >= 15 is 0 Å². The van der Waals surface area contributed by atoms with Crippen molar-refractivity contribution in [2.45, 2.75) is 56.7 Å². The molecule has 2 aliphatic rings. The SMILES string of the molecule is CNC1(C(=O)OC)CCC(N2CCCC2C)C1. The van der Waals surface area contributed by atoms with Crippen molar-refractivity contribution in [2.75, 3.05) is 20.7 Å². The van der Waals surface area contributed by atoms with Crippen LogP contribution in [0, 0.1) is 0 Å². The first-order chi connectivity index (χ1) is 8.13. The van der Waals surface area contributed by atoms with Gasteiger partial charge in [-0.25, -0.2) is 0 Å². The van der Waals surface area contributed by atoms with Crippen LogP contribution in [0.4, 0.5) is 0 Å². The van der Waals surface area contributed by atoms with Crippen LogP contribution in [-0.2, 0) is 9.53 Å². The third-order valence-corrected chi connectivity index (χ3v) is 4.62. The summed E-state index contributed by atoms with van der Waals surface area (Å²) in [6.07, 6.45) is 5.47. The minimum Gasteiger partial charge on any atom is -0.468 e. The van der Waals surface area contributed by atoms with Gasteiger partial charge in [0.1, 0.15) is 5.54 Å². The van der Waals surface area contributed by atoms with Gasteiger partial charge in [0, 0.05) is 12.1 Å². The molecule has 1 saturated carbocycles. The number of nitrogens with zero attached hydrogens (tertiary/aromatic N) is 1. The number of ether oxygens (including phenoxy) is 1. The number of carbonyl (C=O) groups is 1. The molecule has 0 radical (unpaired) electrons. The Bertz CT molecular complexity index is 295. The van der Waals surface area contributed by atoms with Crippen LogP contribution >= 0.6 is 0 Å². The molecule has 3 atom stereocenters. The zero-order chi connectivity index (χ0) is 12.5. The molecule has 2 fully saturated rings. The lowest BCUT2D eigenvalue weighted by Gasteiger charge is -2.31. The number of likely N-dealkylation sites (tertiary alicyclic amines) is 1. The molecular weight excluding hydrogens is 216 g/mol. The lowest BCUT2D eigenvalue weighted by Crippen LogP contribution is -2.50. The second-order valence-electron chi connectivity index (χ2n) is 5.45. The molecule has 0 spiro atoms. The second kappa shape index (κ2) is 4.94. The van der Waals surface area contributed by atoms with E-state index in [1.54, 1.807) is 0 Å². The van der Waals surface area contributed by atoms with Crippen molar-refractivity contribution in [3.05, 3.63) is 0 Å². The number of likely N-dealkylation sites (N-methyl/N-ethyl adjacent to an activating group) is 1. The Labute approximate surface area is 104 Å². The van der Waals surface area contributed by atoms with Crippen LogP contribution in [0.5, 0.6) is 0 Å². The van der Waals surface area contributed by atoms with Gasteiger partial charge in [0.15, 0.2) is 0 Å². The highest BCUT2D eigenvalue weighted by molar-refractivity contribution is 5.81. The maximum absolute atomic E-state index is 11.9. The largest absolute Gasteiger partial charge is 0.468 e. The van der Waals surface area contributed by atoms with E-state index in [4.69, 9.17) is 4.74 Å². The fourth-order valence-corrected chi connectivity index (χ4v) is 3.51. The van der Waals surface area contributed by atoms with E-state index in [0.29, 0.717) is 12.1 Å². The molecule has 0 aromatic heterocycles. The number of carbonyl (C=O) groups excluding carboxylic acids is 1. The van der Waals surface area contributed by atoms with Crippen molar-refractivity contribution in [1.82, 2.24) is 10.2 Å². The van der Waals surface area contributed by atoms with Crippen LogP contribution in [0.3, 0.4) is 0 Å². The summed E-state index contributed by atoms with van der Waals surface area (Å²) in [5.74, 6) is -0.102. The summed E-state index contributed by atoms with van der Waals surface area (Å²) in [5.41, 5.74) is -0.443. The first-order valence-electron chi connectivity index (χ1n) is 6.66. The summed E-state index contributed by atoms with van der Waals surface area (Å²) < 4.78 is 4.95. The number of esters is 1. The number of hydrogen-bond acceptors (Lipinski definition) is 4. The zero-order valence-corrected chi connectivity index (χ0v) is 11.2. The van der Waals surface area contributed by atoms with E-state index in [1.165, 1.54) is 26.5 Å². The molecule has 1 saturated heterocycles. The number of nitrogens with one attached hydrogen (secondary N) is 1. The Balaban J connectivity index is 2.04. The van der Waals surface area contributed by atoms with Gasteiger partial charge in [-0.05, 0) is 52.6 Å². The summed E-state index contributed by atoms with van der Waals surface area (Å²) in [6, 6.07) is 1.21. The molecule has 2 rings (SSSR count). The smallest absolute Gasteiger partial charge is 0.326 e.